The number of fused-ring (bicyclic) bond motifs is 3. The van der Waals surface area contributed by atoms with Crippen LogP contribution in [0.4, 0.5) is 0 Å². The van der Waals surface area contributed by atoms with E-state index in [2.05, 4.69) is 48.5 Å². The number of nitriles is 1. The first kappa shape index (κ1) is 26.3. The highest BCUT2D eigenvalue weighted by molar-refractivity contribution is 6.12. The van der Waals surface area contributed by atoms with Crippen molar-refractivity contribution in [2.45, 2.75) is 0 Å². The lowest BCUT2D eigenvalue weighted by atomic mass is 9.99. The minimum atomic E-state index is 0.565. The molecule has 0 aliphatic carbocycles. The molecule has 0 radical (unpaired) electrons. The Hall–Kier alpha value is -6.38. The van der Waals surface area contributed by atoms with E-state index in [1.54, 1.807) is 6.07 Å². The third-order valence-electron chi connectivity index (χ3n) is 7.98. The molecule has 0 fully saturated rings. The van der Waals surface area contributed by atoms with E-state index in [4.69, 9.17) is 19.4 Å². The first-order valence-corrected chi connectivity index (χ1v) is 14.7. The average molecular weight is 577 g/mol. The van der Waals surface area contributed by atoms with Crippen LogP contribution in [-0.4, -0.2) is 15.0 Å². The van der Waals surface area contributed by atoms with E-state index in [0.717, 1.165) is 60.9 Å². The number of hydrogen-bond acceptors (Lipinski definition) is 5. The summed E-state index contributed by atoms with van der Waals surface area (Å²) in [5, 5.41) is 11.5. The number of rotatable bonds is 5. The van der Waals surface area contributed by atoms with Crippen LogP contribution in [0.3, 0.4) is 0 Å². The van der Waals surface area contributed by atoms with Crippen LogP contribution in [0.1, 0.15) is 5.56 Å². The van der Waals surface area contributed by atoms with E-state index in [-0.39, 0.29) is 0 Å². The molecule has 0 N–H and O–H groups in total. The van der Waals surface area contributed by atoms with Crippen molar-refractivity contribution in [3.05, 3.63) is 151 Å². The highest BCUT2D eigenvalue weighted by atomic mass is 16.3. The monoisotopic (exact) mass is 576 g/mol. The van der Waals surface area contributed by atoms with E-state index in [0.29, 0.717) is 23.0 Å². The van der Waals surface area contributed by atoms with Gasteiger partial charge >= 0.3 is 0 Å². The molecule has 2 aromatic heterocycles. The summed E-state index contributed by atoms with van der Waals surface area (Å²) in [6.45, 7) is 0. The molecular formula is C40H24N4O. The standard InChI is InChI=1S/C40H24N4O/c41-25-26-9-7-14-31(23-26)27-17-19-30(20-18-27)39-42-38(29-12-5-2-6-13-29)43-40(44-39)32-21-22-34-36(24-32)45-35-16-8-15-33(37(34)35)28-10-3-1-4-11-28/h1-24H. The zero-order chi connectivity index (χ0) is 30.2. The van der Waals surface area contributed by atoms with Crippen molar-refractivity contribution in [1.29, 1.82) is 5.26 Å². The van der Waals surface area contributed by atoms with Crippen molar-refractivity contribution in [1.82, 2.24) is 15.0 Å². The van der Waals surface area contributed by atoms with Gasteiger partial charge in [0.15, 0.2) is 17.5 Å². The highest BCUT2D eigenvalue weighted by Gasteiger charge is 2.16. The largest absolute Gasteiger partial charge is 0.456 e. The van der Waals surface area contributed by atoms with Gasteiger partial charge < -0.3 is 4.42 Å². The lowest BCUT2D eigenvalue weighted by Gasteiger charge is -2.09. The molecule has 0 unspecified atom stereocenters. The molecule has 45 heavy (non-hydrogen) atoms. The Morgan fingerprint density at radius 3 is 1.73 bits per heavy atom. The smallest absolute Gasteiger partial charge is 0.164 e. The summed E-state index contributed by atoms with van der Waals surface area (Å²) in [5.41, 5.74) is 9.14. The van der Waals surface area contributed by atoms with Crippen molar-refractivity contribution in [2.24, 2.45) is 0 Å². The summed E-state index contributed by atoms with van der Waals surface area (Å²) in [7, 11) is 0. The quantitative estimate of drug-likeness (QED) is 0.204. The van der Waals surface area contributed by atoms with Crippen LogP contribution in [0.2, 0.25) is 0 Å². The third-order valence-corrected chi connectivity index (χ3v) is 7.98. The summed E-state index contributed by atoms with van der Waals surface area (Å²) in [6, 6.07) is 50.5. The molecule has 210 valence electrons. The van der Waals surface area contributed by atoms with Gasteiger partial charge in [-0.2, -0.15) is 5.26 Å². The molecule has 0 aliphatic heterocycles. The number of benzene rings is 6. The van der Waals surface area contributed by atoms with Gasteiger partial charge in [-0.3, -0.25) is 0 Å². The Labute approximate surface area is 259 Å². The van der Waals surface area contributed by atoms with Gasteiger partial charge in [0.1, 0.15) is 11.2 Å². The minimum Gasteiger partial charge on any atom is -0.456 e. The minimum absolute atomic E-state index is 0.565. The maximum absolute atomic E-state index is 9.32. The van der Waals surface area contributed by atoms with Crippen molar-refractivity contribution in [2.75, 3.05) is 0 Å². The van der Waals surface area contributed by atoms with Crippen molar-refractivity contribution >= 4 is 21.9 Å². The maximum Gasteiger partial charge on any atom is 0.164 e. The topological polar surface area (TPSA) is 75.6 Å². The molecule has 8 rings (SSSR count). The molecule has 5 nitrogen and oxygen atoms in total. The zero-order valence-electron chi connectivity index (χ0n) is 24.1. The average Bonchev–Trinajstić information content (AvgIpc) is 3.50. The lowest BCUT2D eigenvalue weighted by Crippen LogP contribution is -2.00. The number of hydrogen-bond donors (Lipinski definition) is 0. The summed E-state index contributed by atoms with van der Waals surface area (Å²) in [4.78, 5) is 14.7. The first-order valence-electron chi connectivity index (χ1n) is 14.7. The fraction of sp³-hybridized carbons (Fsp3) is 0. The molecule has 0 saturated heterocycles. The fourth-order valence-corrected chi connectivity index (χ4v) is 5.75. The van der Waals surface area contributed by atoms with Gasteiger partial charge in [-0.25, -0.2) is 15.0 Å². The Morgan fingerprint density at radius 1 is 0.444 bits per heavy atom. The van der Waals surface area contributed by atoms with Gasteiger partial charge in [-0.05, 0) is 52.6 Å². The van der Waals surface area contributed by atoms with Crippen LogP contribution in [0, 0.1) is 11.3 Å². The van der Waals surface area contributed by atoms with E-state index in [1.807, 2.05) is 97.1 Å². The summed E-state index contributed by atoms with van der Waals surface area (Å²) >= 11 is 0. The summed E-state index contributed by atoms with van der Waals surface area (Å²) in [6.07, 6.45) is 0. The summed E-state index contributed by atoms with van der Waals surface area (Å²) in [5.74, 6) is 1.74. The molecule has 0 saturated carbocycles. The molecule has 2 heterocycles. The second kappa shape index (κ2) is 11.0. The molecule has 6 aromatic carbocycles. The normalized spacial score (nSPS) is 11.1. The molecule has 0 aliphatic rings. The van der Waals surface area contributed by atoms with Crippen LogP contribution in [-0.2, 0) is 0 Å². The maximum atomic E-state index is 9.32. The van der Waals surface area contributed by atoms with Crippen molar-refractivity contribution < 1.29 is 4.42 Å². The van der Waals surface area contributed by atoms with Crippen LogP contribution < -0.4 is 0 Å². The first-order chi connectivity index (χ1) is 22.2. The Morgan fingerprint density at radius 2 is 1.02 bits per heavy atom. The van der Waals surface area contributed by atoms with E-state index in [9.17, 15) is 5.26 Å². The molecule has 0 bridgehead atoms. The highest BCUT2D eigenvalue weighted by Crippen LogP contribution is 2.38. The van der Waals surface area contributed by atoms with Crippen molar-refractivity contribution in [3.8, 4) is 62.5 Å². The molecule has 0 spiro atoms. The summed E-state index contributed by atoms with van der Waals surface area (Å²) < 4.78 is 6.39. The third kappa shape index (κ3) is 4.91. The van der Waals surface area contributed by atoms with Gasteiger partial charge in [0.25, 0.3) is 0 Å². The van der Waals surface area contributed by atoms with Gasteiger partial charge in [0.05, 0.1) is 11.6 Å². The number of nitrogens with zero attached hydrogens (tertiary/aromatic N) is 4. The van der Waals surface area contributed by atoms with Gasteiger partial charge in [-0.15, -0.1) is 0 Å². The number of aromatic nitrogens is 3. The second-order valence-electron chi connectivity index (χ2n) is 10.8. The zero-order valence-corrected chi connectivity index (χ0v) is 24.1. The predicted molar refractivity (Wildman–Crippen MR) is 179 cm³/mol. The molecule has 0 atom stereocenters. The lowest BCUT2D eigenvalue weighted by molar-refractivity contribution is 0.669. The van der Waals surface area contributed by atoms with Gasteiger partial charge in [-0.1, -0.05) is 115 Å². The van der Waals surface area contributed by atoms with Gasteiger partial charge in [0.2, 0.25) is 0 Å². The second-order valence-corrected chi connectivity index (χ2v) is 10.8. The van der Waals surface area contributed by atoms with Crippen LogP contribution >= 0.6 is 0 Å². The van der Waals surface area contributed by atoms with Crippen LogP contribution in [0.25, 0.3) is 78.4 Å². The van der Waals surface area contributed by atoms with Crippen molar-refractivity contribution in [3.63, 3.8) is 0 Å². The van der Waals surface area contributed by atoms with E-state index < -0.39 is 0 Å². The molecule has 5 heteroatoms. The van der Waals surface area contributed by atoms with Crippen LogP contribution in [0.5, 0.6) is 0 Å². The Bertz CT molecular complexity index is 2370. The molecular weight excluding hydrogens is 552 g/mol. The molecule has 0 amide bonds. The van der Waals surface area contributed by atoms with Crippen LogP contribution in [0.15, 0.2) is 150 Å². The predicted octanol–water partition coefficient (Wildman–Crippen LogP) is 9.98. The SMILES string of the molecule is N#Cc1cccc(-c2ccc(-c3nc(-c4ccccc4)nc(-c4ccc5c(c4)oc4cccc(-c6ccccc6)c45)n3)cc2)c1. The Kier molecular flexibility index (Phi) is 6.44. The van der Waals surface area contributed by atoms with Gasteiger partial charge in [0, 0.05) is 27.5 Å². The Balaban J connectivity index is 1.24. The fourth-order valence-electron chi connectivity index (χ4n) is 5.75. The molecule has 8 aromatic rings. The van der Waals surface area contributed by atoms with E-state index in [1.165, 1.54) is 0 Å². The van der Waals surface area contributed by atoms with E-state index >= 15 is 0 Å². The number of furan rings is 1.